The number of rotatable bonds is 2. The highest BCUT2D eigenvalue weighted by molar-refractivity contribution is 5.68. The molecule has 6 heterocycles. The lowest BCUT2D eigenvalue weighted by Crippen LogP contribution is -2.54. The molecule has 10 nitrogen and oxygen atoms in total. The molecule has 10 heteroatoms. The zero-order valence-corrected chi connectivity index (χ0v) is 47.6. The van der Waals surface area contributed by atoms with Crippen LogP contribution in [0.15, 0.2) is 65.0 Å². The second-order valence-electron chi connectivity index (χ2n) is 28.9. The Morgan fingerprint density at radius 2 is 1.25 bits per heavy atom. The fourth-order valence-corrected chi connectivity index (χ4v) is 21.5. The smallest absolute Gasteiger partial charge is 0.410 e. The number of hydrogen-bond acceptors (Lipinski definition) is 7. The highest BCUT2D eigenvalue weighted by atomic mass is 16.6. The number of allylic oxidation sites excluding steroid dienone is 2. The molecular formula is C66H92N6O4. The highest BCUT2D eigenvalue weighted by Gasteiger charge is 2.63. The van der Waals surface area contributed by atoms with Crippen molar-refractivity contribution in [2.45, 2.75) is 225 Å². The topological polar surface area (TPSA) is 117 Å². The van der Waals surface area contributed by atoms with Crippen LogP contribution in [-0.2, 0) is 33.7 Å². The average Bonchev–Trinajstić information content (AvgIpc) is 4.38. The lowest BCUT2D eigenvalue weighted by molar-refractivity contribution is -0.0789. The summed E-state index contributed by atoms with van der Waals surface area (Å²) in [6.45, 7) is 21.9. The van der Waals surface area contributed by atoms with Gasteiger partial charge in [-0.1, -0.05) is 94.2 Å². The van der Waals surface area contributed by atoms with Gasteiger partial charge in [-0.3, -0.25) is 10.2 Å². The van der Waals surface area contributed by atoms with Gasteiger partial charge in [0.25, 0.3) is 0 Å². The van der Waals surface area contributed by atoms with Crippen molar-refractivity contribution in [3.8, 4) is 0 Å². The van der Waals surface area contributed by atoms with E-state index in [-0.39, 0.29) is 35.4 Å². The molecule has 12 aliphatic rings. The maximum atomic E-state index is 13.6. The number of ether oxygens (including phenoxy) is 3. The van der Waals surface area contributed by atoms with Crippen molar-refractivity contribution in [2.75, 3.05) is 13.1 Å². The van der Waals surface area contributed by atoms with Crippen LogP contribution < -0.4 is 5.32 Å². The molecule has 8 fully saturated rings. The van der Waals surface area contributed by atoms with E-state index < -0.39 is 0 Å². The summed E-state index contributed by atoms with van der Waals surface area (Å²) in [5, 5.41) is 19.4. The normalized spacial score (nSPS) is 45.7. The van der Waals surface area contributed by atoms with Crippen LogP contribution in [0.1, 0.15) is 198 Å². The number of nitrogens with zero attached hydrogens (tertiary/aromatic N) is 3. The van der Waals surface area contributed by atoms with Crippen molar-refractivity contribution in [1.29, 1.82) is 0 Å². The van der Waals surface area contributed by atoms with Gasteiger partial charge in [0.05, 0.1) is 41.8 Å². The van der Waals surface area contributed by atoms with Gasteiger partial charge in [0.2, 0.25) is 0 Å². The lowest BCUT2D eigenvalue weighted by atomic mass is 9.52. The SMILES string of the molecule is CC1=C2C[C@H]3[C@@H](CC[C@@H]4c5cn[nH]c5CC[C@@]43C)[C@@H]2CC[C@@]2(C1)O[C@@H]1C[C@H](C)CN(C(=O)OCc3ccccc3)[C@H]1[C@H]2C.CC1=C2C[C@H]3[C@@H](CC[C@@H]4c5cn[nH]c5CC[C@@]43C)[C@@H]2CC[C@@]2(C1)O[C@@H]1C[C@H](C)CN[C@H]1[C@H]2C. The van der Waals surface area contributed by atoms with E-state index in [9.17, 15) is 4.79 Å². The van der Waals surface area contributed by atoms with E-state index in [0.29, 0.717) is 59.2 Å². The molecule has 3 N–H and O–H groups in total. The minimum atomic E-state index is -0.189. The summed E-state index contributed by atoms with van der Waals surface area (Å²) in [7, 11) is 0. The van der Waals surface area contributed by atoms with Crippen LogP contribution in [0.2, 0.25) is 0 Å². The third kappa shape index (κ3) is 7.77. The van der Waals surface area contributed by atoms with Crippen molar-refractivity contribution in [3.63, 3.8) is 0 Å². The molecule has 4 aliphatic heterocycles. The number of carbonyl (C=O) groups is 1. The van der Waals surface area contributed by atoms with E-state index in [1.54, 1.807) is 22.3 Å². The molecule has 0 unspecified atom stereocenters. The number of likely N-dealkylation sites (tertiary alicyclic amines) is 1. The first kappa shape index (κ1) is 50.5. The molecule has 2 aromatic heterocycles. The largest absolute Gasteiger partial charge is 0.445 e. The number of amides is 1. The molecule has 0 bridgehead atoms. The van der Waals surface area contributed by atoms with Crippen molar-refractivity contribution < 1.29 is 19.0 Å². The van der Waals surface area contributed by atoms with Crippen LogP contribution in [0, 0.1) is 70.0 Å². The predicted octanol–water partition coefficient (Wildman–Crippen LogP) is 13.6. The molecule has 0 radical (unpaired) electrons. The zero-order chi connectivity index (χ0) is 52.0. The van der Waals surface area contributed by atoms with Crippen molar-refractivity contribution in [3.05, 3.63) is 93.1 Å². The van der Waals surface area contributed by atoms with E-state index >= 15 is 0 Å². The number of hydrogen-bond donors (Lipinski definition) is 3. The minimum Gasteiger partial charge on any atom is -0.445 e. The van der Waals surface area contributed by atoms with E-state index in [4.69, 9.17) is 14.2 Å². The predicted molar refractivity (Wildman–Crippen MR) is 297 cm³/mol. The van der Waals surface area contributed by atoms with Crippen LogP contribution >= 0.6 is 0 Å². The van der Waals surface area contributed by atoms with Crippen LogP contribution in [0.25, 0.3) is 0 Å². The maximum absolute atomic E-state index is 13.6. The van der Waals surface area contributed by atoms with E-state index in [1.165, 1.54) is 107 Å². The van der Waals surface area contributed by atoms with Gasteiger partial charge in [-0.25, -0.2) is 4.79 Å². The Bertz CT molecular complexity index is 2760. The number of H-pyrrole nitrogens is 2. The summed E-state index contributed by atoms with van der Waals surface area (Å²) in [6, 6.07) is 10.7. The fourth-order valence-electron chi connectivity index (χ4n) is 21.5. The summed E-state index contributed by atoms with van der Waals surface area (Å²) in [4.78, 5) is 15.6. The molecule has 410 valence electrons. The molecule has 4 saturated heterocycles. The lowest BCUT2D eigenvalue weighted by Gasteiger charge is -2.52. The molecule has 8 aliphatic carbocycles. The molecule has 76 heavy (non-hydrogen) atoms. The Morgan fingerprint density at radius 3 is 1.84 bits per heavy atom. The van der Waals surface area contributed by atoms with Crippen molar-refractivity contribution in [1.82, 2.24) is 30.6 Å². The number of carbonyl (C=O) groups excluding carboxylic acids is 1. The molecule has 2 spiro atoms. The number of benzene rings is 1. The van der Waals surface area contributed by atoms with Gasteiger partial charge < -0.3 is 24.4 Å². The van der Waals surface area contributed by atoms with Crippen molar-refractivity contribution in [2.24, 2.45) is 70.0 Å². The van der Waals surface area contributed by atoms with E-state index in [0.717, 1.165) is 79.8 Å². The summed E-state index contributed by atoms with van der Waals surface area (Å²) in [6.07, 6.45) is 27.0. The molecular weight excluding hydrogens is 941 g/mol. The maximum Gasteiger partial charge on any atom is 0.410 e. The second kappa shape index (κ2) is 18.7. The summed E-state index contributed by atoms with van der Waals surface area (Å²) in [5.41, 5.74) is 14.5. The Hall–Kier alpha value is -3.73. The van der Waals surface area contributed by atoms with Crippen LogP contribution in [-0.4, -0.2) is 80.0 Å². The number of aromatic nitrogens is 4. The third-order valence-electron chi connectivity index (χ3n) is 25.3. The van der Waals surface area contributed by atoms with Crippen LogP contribution in [0.3, 0.4) is 0 Å². The first-order chi connectivity index (χ1) is 36.7. The first-order valence-corrected chi connectivity index (χ1v) is 31.1. The highest BCUT2D eigenvalue weighted by Crippen LogP contribution is 2.69. The quantitative estimate of drug-likeness (QED) is 0.219. The molecule has 15 rings (SSSR count). The van der Waals surface area contributed by atoms with Crippen molar-refractivity contribution >= 4 is 6.09 Å². The average molecular weight is 1030 g/mol. The van der Waals surface area contributed by atoms with Gasteiger partial charge in [-0.2, -0.15) is 10.2 Å². The summed E-state index contributed by atoms with van der Waals surface area (Å²) >= 11 is 0. The molecule has 3 aromatic rings. The number of aromatic amines is 2. The Kier molecular flexibility index (Phi) is 12.4. The van der Waals surface area contributed by atoms with Gasteiger partial charge in [0, 0.05) is 35.8 Å². The van der Waals surface area contributed by atoms with Gasteiger partial charge in [-0.05, 0) is 223 Å². The summed E-state index contributed by atoms with van der Waals surface area (Å²) in [5.74, 6) is 8.22. The standard InChI is InChI=1S/C37H49N3O3.C29H43N3O/c1-22-16-33-34(40(20-22)35(41)42-21-25-8-6-5-7-9-25)24(3)37(43-33)15-12-26-27-10-11-30-29-19-38-39-32(29)13-14-36(30,4)31(27)17-28(26)23(2)18-37;1-16-11-26-27(30-14-16)18(3)29(33-26)10-7-19-20-5-6-23-22-15-31-32-25(22)8-9-28(23,4)24(20)12-21(19)17(2)13-29/h5-9,19,22,24,26-27,30-31,33-34H,10-18,20-21H2,1-4H3,(H,38,39);15-16,18-20,23-24,26-27,30H,5-14H2,1-4H3,(H,31,32)/t22-,24+,26-,27-,30+,31-,33+,34-,36-,37-;16-,18+,19-,20-,23+,24-,26+,27-,28-,29-/m00/s1. The third-order valence-corrected chi connectivity index (χ3v) is 25.3. The number of aryl methyl sites for hydroxylation is 2. The Morgan fingerprint density at radius 1 is 0.697 bits per heavy atom. The van der Waals surface area contributed by atoms with Crippen LogP contribution in [0.4, 0.5) is 4.79 Å². The first-order valence-electron chi connectivity index (χ1n) is 31.1. The summed E-state index contributed by atoms with van der Waals surface area (Å²) < 4.78 is 20.2. The number of piperidine rings is 2. The van der Waals surface area contributed by atoms with Gasteiger partial charge in [-0.15, -0.1) is 0 Å². The van der Waals surface area contributed by atoms with E-state index in [2.05, 4.69) is 93.5 Å². The fraction of sp³-hybridized carbons (Fsp3) is 0.742. The zero-order valence-electron chi connectivity index (χ0n) is 47.6. The molecule has 1 amide bonds. The molecule has 1 aromatic carbocycles. The second-order valence-corrected chi connectivity index (χ2v) is 28.9. The monoisotopic (exact) mass is 1030 g/mol. The number of nitrogens with one attached hydrogen (secondary N) is 3. The van der Waals surface area contributed by atoms with Crippen LogP contribution in [0.5, 0.6) is 0 Å². The van der Waals surface area contributed by atoms with E-state index in [1.807, 2.05) is 40.8 Å². The van der Waals surface area contributed by atoms with Gasteiger partial charge in [0.1, 0.15) is 6.61 Å². The molecule has 4 saturated carbocycles. The Balaban J connectivity index is 0.000000144. The van der Waals surface area contributed by atoms with Gasteiger partial charge in [0.15, 0.2) is 0 Å². The minimum absolute atomic E-state index is 0.0704. The van der Waals surface area contributed by atoms with Gasteiger partial charge >= 0.3 is 6.09 Å². The number of fused-ring (bicyclic) bond motifs is 16. The molecule has 20 atom stereocenters. The Labute approximate surface area is 454 Å².